The summed E-state index contributed by atoms with van der Waals surface area (Å²) in [5, 5.41) is 0. The van der Waals surface area contributed by atoms with Crippen LogP contribution >= 0.6 is 0 Å². The Morgan fingerprint density at radius 1 is 1.09 bits per heavy atom. The molecule has 1 rings (SSSR count). The lowest BCUT2D eigenvalue weighted by Gasteiger charge is -2.27. The summed E-state index contributed by atoms with van der Waals surface area (Å²) >= 11 is 0. The third-order valence-electron chi connectivity index (χ3n) is 3.63. The van der Waals surface area contributed by atoms with Crippen molar-refractivity contribution in [2.45, 2.75) is 27.7 Å². The standard InChI is InChI=1S/C19H24O4/c1-6-22-17(20)19(5,18(21)23-7-2)15(4)14(3)13-16-11-9-8-10-12-16/h8-13H,4,6-7H2,1-3,5H3/b14-13+. The van der Waals surface area contributed by atoms with E-state index in [-0.39, 0.29) is 13.2 Å². The normalized spacial score (nSPS) is 11.7. The van der Waals surface area contributed by atoms with Crippen LogP contribution in [-0.2, 0) is 19.1 Å². The minimum absolute atomic E-state index is 0.183. The van der Waals surface area contributed by atoms with E-state index in [1.807, 2.05) is 43.3 Å². The van der Waals surface area contributed by atoms with Crippen LogP contribution in [0.25, 0.3) is 6.08 Å². The van der Waals surface area contributed by atoms with E-state index in [2.05, 4.69) is 6.58 Å². The predicted octanol–water partition coefficient (Wildman–Crippen LogP) is 3.78. The molecule has 0 N–H and O–H groups in total. The molecule has 0 saturated heterocycles. The summed E-state index contributed by atoms with van der Waals surface area (Å²) in [6.45, 7) is 11.0. The van der Waals surface area contributed by atoms with Gasteiger partial charge in [-0.15, -0.1) is 0 Å². The molecule has 0 unspecified atom stereocenters. The van der Waals surface area contributed by atoms with Gasteiger partial charge in [0.1, 0.15) is 0 Å². The minimum atomic E-state index is -1.55. The van der Waals surface area contributed by atoms with Crippen LogP contribution < -0.4 is 0 Å². The van der Waals surface area contributed by atoms with Gasteiger partial charge in [0.2, 0.25) is 0 Å². The van der Waals surface area contributed by atoms with E-state index < -0.39 is 17.4 Å². The molecule has 0 saturated carbocycles. The summed E-state index contributed by atoms with van der Waals surface area (Å²) in [7, 11) is 0. The Morgan fingerprint density at radius 2 is 1.57 bits per heavy atom. The Kier molecular flexibility index (Phi) is 6.76. The fraction of sp³-hybridized carbons (Fsp3) is 0.368. The zero-order valence-electron chi connectivity index (χ0n) is 14.2. The molecular formula is C19H24O4. The fourth-order valence-electron chi connectivity index (χ4n) is 2.16. The van der Waals surface area contributed by atoms with Gasteiger partial charge >= 0.3 is 11.9 Å². The number of allylic oxidation sites excluding steroid dienone is 1. The van der Waals surface area contributed by atoms with E-state index in [1.54, 1.807) is 13.8 Å². The first-order valence-corrected chi connectivity index (χ1v) is 7.65. The number of carbonyl (C=O) groups excluding carboxylic acids is 2. The molecule has 124 valence electrons. The quantitative estimate of drug-likeness (QED) is 0.436. The number of carbonyl (C=O) groups is 2. The van der Waals surface area contributed by atoms with Gasteiger partial charge in [-0.25, -0.2) is 0 Å². The van der Waals surface area contributed by atoms with E-state index in [9.17, 15) is 9.59 Å². The molecular weight excluding hydrogens is 292 g/mol. The van der Waals surface area contributed by atoms with Gasteiger partial charge in [0.15, 0.2) is 5.41 Å². The summed E-state index contributed by atoms with van der Waals surface area (Å²) in [4.78, 5) is 24.7. The summed E-state index contributed by atoms with van der Waals surface area (Å²) in [5.41, 5.74) is 0.501. The van der Waals surface area contributed by atoms with Gasteiger partial charge in [0.25, 0.3) is 0 Å². The topological polar surface area (TPSA) is 52.6 Å². The monoisotopic (exact) mass is 316 g/mol. The second kappa shape index (κ2) is 8.32. The number of hydrogen-bond acceptors (Lipinski definition) is 4. The Labute approximate surface area is 137 Å². The SMILES string of the molecule is C=C(/C(C)=C/c1ccccc1)C(C)(C(=O)OCC)C(=O)OCC. The Bertz CT molecular complexity index is 581. The van der Waals surface area contributed by atoms with Crippen molar-refractivity contribution in [3.8, 4) is 0 Å². The van der Waals surface area contributed by atoms with Gasteiger partial charge in [-0.2, -0.15) is 0 Å². The van der Waals surface area contributed by atoms with E-state index >= 15 is 0 Å². The molecule has 0 aromatic heterocycles. The maximum absolute atomic E-state index is 12.4. The van der Waals surface area contributed by atoms with Gasteiger partial charge < -0.3 is 9.47 Å². The molecule has 0 amide bonds. The lowest BCUT2D eigenvalue weighted by Crippen LogP contribution is -2.41. The second-order valence-corrected chi connectivity index (χ2v) is 5.28. The molecule has 23 heavy (non-hydrogen) atoms. The van der Waals surface area contributed by atoms with Crippen molar-refractivity contribution in [1.29, 1.82) is 0 Å². The molecule has 0 bridgehead atoms. The van der Waals surface area contributed by atoms with Crippen molar-refractivity contribution < 1.29 is 19.1 Å². The molecule has 0 radical (unpaired) electrons. The summed E-state index contributed by atoms with van der Waals surface area (Å²) in [6, 6.07) is 9.62. The van der Waals surface area contributed by atoms with E-state index in [4.69, 9.17) is 9.47 Å². The molecule has 1 aromatic rings. The van der Waals surface area contributed by atoms with E-state index in [0.29, 0.717) is 5.57 Å². The molecule has 0 atom stereocenters. The van der Waals surface area contributed by atoms with Crippen LogP contribution in [0, 0.1) is 5.41 Å². The zero-order chi connectivity index (χ0) is 17.5. The molecule has 0 fully saturated rings. The lowest BCUT2D eigenvalue weighted by molar-refractivity contribution is -0.167. The van der Waals surface area contributed by atoms with Crippen molar-refractivity contribution in [2.75, 3.05) is 13.2 Å². The number of ether oxygens (including phenoxy) is 2. The highest BCUT2D eigenvalue weighted by atomic mass is 16.6. The van der Waals surface area contributed by atoms with E-state index in [0.717, 1.165) is 11.1 Å². The summed E-state index contributed by atoms with van der Waals surface area (Å²) in [6.07, 6.45) is 1.87. The van der Waals surface area contributed by atoms with Crippen molar-refractivity contribution in [1.82, 2.24) is 0 Å². The highest BCUT2D eigenvalue weighted by molar-refractivity contribution is 6.04. The Hall–Kier alpha value is -2.36. The smallest absolute Gasteiger partial charge is 0.327 e. The van der Waals surface area contributed by atoms with Gasteiger partial charge in [0.05, 0.1) is 13.2 Å². The number of benzene rings is 1. The Balaban J connectivity index is 3.20. The molecule has 1 aromatic carbocycles. The third kappa shape index (κ3) is 4.31. The molecule has 0 spiro atoms. The van der Waals surface area contributed by atoms with Gasteiger partial charge in [-0.05, 0) is 44.4 Å². The van der Waals surface area contributed by atoms with Crippen molar-refractivity contribution in [3.63, 3.8) is 0 Å². The second-order valence-electron chi connectivity index (χ2n) is 5.28. The van der Waals surface area contributed by atoms with Crippen LogP contribution in [0.2, 0.25) is 0 Å². The van der Waals surface area contributed by atoms with Crippen LogP contribution in [0.1, 0.15) is 33.3 Å². The van der Waals surface area contributed by atoms with E-state index in [1.165, 1.54) is 6.92 Å². The van der Waals surface area contributed by atoms with Crippen LogP contribution in [0.5, 0.6) is 0 Å². The third-order valence-corrected chi connectivity index (χ3v) is 3.63. The Morgan fingerprint density at radius 3 is 2.00 bits per heavy atom. The van der Waals surface area contributed by atoms with Gasteiger partial charge in [0, 0.05) is 0 Å². The molecule has 0 aliphatic rings. The molecule has 4 heteroatoms. The summed E-state index contributed by atoms with van der Waals surface area (Å²) in [5.74, 6) is -1.30. The maximum Gasteiger partial charge on any atom is 0.327 e. The number of hydrogen-bond donors (Lipinski definition) is 0. The average molecular weight is 316 g/mol. The largest absolute Gasteiger partial charge is 0.465 e. The molecule has 0 aliphatic heterocycles. The zero-order valence-corrected chi connectivity index (χ0v) is 14.2. The summed E-state index contributed by atoms with van der Waals surface area (Å²) < 4.78 is 10.1. The number of esters is 2. The first-order chi connectivity index (χ1) is 10.9. The highest BCUT2D eigenvalue weighted by Crippen LogP contribution is 2.35. The first-order valence-electron chi connectivity index (χ1n) is 7.65. The van der Waals surface area contributed by atoms with Crippen molar-refractivity contribution in [2.24, 2.45) is 5.41 Å². The molecule has 0 heterocycles. The maximum atomic E-state index is 12.4. The van der Waals surface area contributed by atoms with Crippen LogP contribution in [0.3, 0.4) is 0 Å². The van der Waals surface area contributed by atoms with Gasteiger partial charge in [-0.1, -0.05) is 43.0 Å². The molecule has 4 nitrogen and oxygen atoms in total. The highest BCUT2D eigenvalue weighted by Gasteiger charge is 2.47. The number of rotatable bonds is 7. The molecule has 0 aliphatic carbocycles. The average Bonchev–Trinajstić information content (AvgIpc) is 2.54. The van der Waals surface area contributed by atoms with Crippen LogP contribution in [-0.4, -0.2) is 25.2 Å². The lowest BCUT2D eigenvalue weighted by atomic mass is 9.79. The predicted molar refractivity (Wildman–Crippen MR) is 90.6 cm³/mol. The van der Waals surface area contributed by atoms with Crippen molar-refractivity contribution >= 4 is 18.0 Å². The van der Waals surface area contributed by atoms with Crippen molar-refractivity contribution in [3.05, 3.63) is 53.6 Å². The minimum Gasteiger partial charge on any atom is -0.465 e. The van der Waals surface area contributed by atoms with Crippen LogP contribution in [0.4, 0.5) is 0 Å². The fourth-order valence-corrected chi connectivity index (χ4v) is 2.16. The van der Waals surface area contributed by atoms with Crippen LogP contribution in [0.15, 0.2) is 48.1 Å². The first kappa shape index (κ1) is 18.7. The van der Waals surface area contributed by atoms with Gasteiger partial charge in [-0.3, -0.25) is 9.59 Å².